The molecule has 2 fully saturated rings. The highest BCUT2D eigenvalue weighted by molar-refractivity contribution is 5.97. The topological polar surface area (TPSA) is 52.6 Å². The lowest BCUT2D eigenvalue weighted by Crippen LogP contribution is -2.51. The molecule has 5 heteroatoms. The number of carbonyl (C=O) groups excluding carboxylic acids is 2. The molecule has 1 N–H and O–H groups in total. The summed E-state index contributed by atoms with van der Waals surface area (Å²) < 4.78 is 0. The van der Waals surface area contributed by atoms with Crippen LogP contribution in [0.3, 0.4) is 0 Å². The number of piperidine rings is 1. The van der Waals surface area contributed by atoms with Gasteiger partial charge in [-0.1, -0.05) is 42.0 Å². The highest BCUT2D eigenvalue weighted by Crippen LogP contribution is 2.24. The van der Waals surface area contributed by atoms with Crippen LogP contribution in [0.1, 0.15) is 45.8 Å². The summed E-state index contributed by atoms with van der Waals surface area (Å²) in [6.45, 7) is 6.00. The minimum absolute atomic E-state index is 0.0127. The van der Waals surface area contributed by atoms with E-state index in [4.69, 9.17) is 0 Å². The van der Waals surface area contributed by atoms with Crippen molar-refractivity contribution in [1.82, 2.24) is 15.1 Å². The minimum Gasteiger partial charge on any atom is -0.335 e. The van der Waals surface area contributed by atoms with Crippen molar-refractivity contribution in [3.05, 3.63) is 70.8 Å². The fraction of sp³-hybridized carbons (Fsp3) is 0.417. The molecule has 2 saturated heterocycles. The van der Waals surface area contributed by atoms with Crippen LogP contribution < -0.4 is 5.32 Å². The standard InChI is InChI=1S/C24H29N3O2/c1-18-5-2-6-19(13-18)16-26-11-12-27(17-23(26)28)24(29)21-8-3-7-20(14-21)22-9-4-10-25-15-22/h2-3,5-8,13-14,22,25H,4,9-12,15-17H2,1H3. The molecule has 152 valence electrons. The normalized spacial score (nSPS) is 20.0. The van der Waals surface area contributed by atoms with Crippen molar-refractivity contribution in [2.75, 3.05) is 32.7 Å². The zero-order chi connectivity index (χ0) is 20.2. The summed E-state index contributed by atoms with van der Waals surface area (Å²) >= 11 is 0. The molecule has 1 atom stereocenters. The Morgan fingerprint density at radius 1 is 1.14 bits per heavy atom. The minimum atomic E-state index is -0.0424. The van der Waals surface area contributed by atoms with Gasteiger partial charge in [0.1, 0.15) is 6.54 Å². The van der Waals surface area contributed by atoms with Crippen LogP contribution in [-0.2, 0) is 11.3 Å². The quantitative estimate of drug-likeness (QED) is 0.872. The summed E-state index contributed by atoms with van der Waals surface area (Å²) in [5.74, 6) is 0.433. The number of piperazine rings is 1. The molecule has 0 aliphatic carbocycles. The second-order valence-electron chi connectivity index (χ2n) is 8.20. The maximum absolute atomic E-state index is 13.0. The molecule has 2 amide bonds. The molecule has 2 aliphatic heterocycles. The highest BCUT2D eigenvalue weighted by atomic mass is 16.2. The maximum atomic E-state index is 13.0. The molecule has 2 aliphatic rings. The number of benzene rings is 2. The van der Waals surface area contributed by atoms with E-state index in [1.165, 1.54) is 17.5 Å². The van der Waals surface area contributed by atoms with Gasteiger partial charge in [-0.15, -0.1) is 0 Å². The number of hydrogen-bond acceptors (Lipinski definition) is 3. The zero-order valence-corrected chi connectivity index (χ0v) is 17.1. The molecule has 0 radical (unpaired) electrons. The second kappa shape index (κ2) is 8.78. The van der Waals surface area contributed by atoms with E-state index in [-0.39, 0.29) is 18.4 Å². The number of amides is 2. The summed E-state index contributed by atoms with van der Waals surface area (Å²) in [4.78, 5) is 29.2. The van der Waals surface area contributed by atoms with Crippen molar-refractivity contribution >= 4 is 11.8 Å². The van der Waals surface area contributed by atoms with Gasteiger partial charge >= 0.3 is 0 Å². The third-order valence-corrected chi connectivity index (χ3v) is 5.96. The van der Waals surface area contributed by atoms with Crippen molar-refractivity contribution in [3.8, 4) is 0 Å². The highest BCUT2D eigenvalue weighted by Gasteiger charge is 2.28. The number of carbonyl (C=O) groups is 2. The van der Waals surface area contributed by atoms with Gasteiger partial charge in [-0.25, -0.2) is 0 Å². The van der Waals surface area contributed by atoms with E-state index in [1.807, 2.05) is 35.2 Å². The van der Waals surface area contributed by atoms with Crippen LogP contribution in [0, 0.1) is 6.92 Å². The number of nitrogens with zero attached hydrogens (tertiary/aromatic N) is 2. The Labute approximate surface area is 172 Å². The lowest BCUT2D eigenvalue weighted by atomic mass is 9.90. The Kier molecular flexibility index (Phi) is 5.95. The Hall–Kier alpha value is -2.66. The van der Waals surface area contributed by atoms with Crippen molar-refractivity contribution in [1.29, 1.82) is 0 Å². The SMILES string of the molecule is Cc1cccc(CN2CCN(C(=O)c3cccc(C4CCCNC4)c3)CC2=O)c1. The first-order chi connectivity index (χ1) is 14.1. The molecule has 2 aromatic rings. The van der Waals surface area contributed by atoms with Crippen LogP contribution in [-0.4, -0.2) is 54.3 Å². The second-order valence-corrected chi connectivity index (χ2v) is 8.20. The summed E-state index contributed by atoms with van der Waals surface area (Å²) in [7, 11) is 0. The average Bonchev–Trinajstić information content (AvgIpc) is 2.75. The Morgan fingerprint density at radius 3 is 2.76 bits per heavy atom. The summed E-state index contributed by atoms with van der Waals surface area (Å²) in [5.41, 5.74) is 4.23. The Morgan fingerprint density at radius 2 is 2.00 bits per heavy atom. The monoisotopic (exact) mass is 391 g/mol. The van der Waals surface area contributed by atoms with Gasteiger partial charge in [0.25, 0.3) is 5.91 Å². The molecule has 0 saturated carbocycles. The summed E-state index contributed by atoms with van der Waals surface area (Å²) in [5, 5.41) is 3.43. The molecule has 0 aromatic heterocycles. The first-order valence-corrected chi connectivity index (χ1v) is 10.5. The first-order valence-electron chi connectivity index (χ1n) is 10.5. The van der Waals surface area contributed by atoms with Crippen LogP contribution in [0.2, 0.25) is 0 Å². The summed E-state index contributed by atoms with van der Waals surface area (Å²) in [6.07, 6.45) is 2.32. The van der Waals surface area contributed by atoms with Crippen LogP contribution in [0.5, 0.6) is 0 Å². The van der Waals surface area contributed by atoms with Gasteiger partial charge in [-0.2, -0.15) is 0 Å². The fourth-order valence-electron chi connectivity index (χ4n) is 4.32. The van der Waals surface area contributed by atoms with Crippen molar-refractivity contribution in [2.45, 2.75) is 32.2 Å². The van der Waals surface area contributed by atoms with E-state index in [0.717, 1.165) is 25.1 Å². The Balaban J connectivity index is 1.40. The van der Waals surface area contributed by atoms with E-state index in [0.29, 0.717) is 31.1 Å². The van der Waals surface area contributed by atoms with E-state index in [9.17, 15) is 9.59 Å². The molecule has 4 rings (SSSR count). The lowest BCUT2D eigenvalue weighted by Gasteiger charge is -2.34. The smallest absolute Gasteiger partial charge is 0.254 e. The molecular weight excluding hydrogens is 362 g/mol. The molecule has 1 unspecified atom stereocenters. The van der Waals surface area contributed by atoms with E-state index >= 15 is 0 Å². The number of nitrogens with one attached hydrogen (secondary N) is 1. The molecule has 29 heavy (non-hydrogen) atoms. The predicted octanol–water partition coefficient (Wildman–Crippen LogP) is 2.95. The summed E-state index contributed by atoms with van der Waals surface area (Å²) in [6, 6.07) is 16.2. The van der Waals surface area contributed by atoms with Crippen molar-refractivity contribution < 1.29 is 9.59 Å². The molecule has 5 nitrogen and oxygen atoms in total. The van der Waals surface area contributed by atoms with Gasteiger partial charge < -0.3 is 15.1 Å². The van der Waals surface area contributed by atoms with E-state index < -0.39 is 0 Å². The van der Waals surface area contributed by atoms with Crippen molar-refractivity contribution in [2.24, 2.45) is 0 Å². The molecule has 0 spiro atoms. The lowest BCUT2D eigenvalue weighted by molar-refractivity contribution is -0.135. The third kappa shape index (κ3) is 4.67. The van der Waals surface area contributed by atoms with Crippen LogP contribution >= 0.6 is 0 Å². The fourth-order valence-corrected chi connectivity index (χ4v) is 4.32. The van der Waals surface area contributed by atoms with Gasteiger partial charge in [-0.05, 0) is 55.5 Å². The van der Waals surface area contributed by atoms with Gasteiger partial charge in [0, 0.05) is 31.7 Å². The van der Waals surface area contributed by atoms with Gasteiger partial charge in [0.15, 0.2) is 0 Å². The first kappa shape index (κ1) is 19.6. The Bertz CT molecular complexity index is 889. The number of rotatable bonds is 4. The maximum Gasteiger partial charge on any atom is 0.254 e. The van der Waals surface area contributed by atoms with Crippen LogP contribution in [0.15, 0.2) is 48.5 Å². The van der Waals surface area contributed by atoms with E-state index in [1.54, 1.807) is 4.90 Å². The van der Waals surface area contributed by atoms with Crippen LogP contribution in [0.4, 0.5) is 0 Å². The molecule has 2 aromatic carbocycles. The van der Waals surface area contributed by atoms with Gasteiger partial charge in [0.2, 0.25) is 5.91 Å². The average molecular weight is 392 g/mol. The number of aryl methyl sites for hydroxylation is 1. The third-order valence-electron chi connectivity index (χ3n) is 5.96. The molecular formula is C24H29N3O2. The zero-order valence-electron chi connectivity index (χ0n) is 17.1. The van der Waals surface area contributed by atoms with Crippen molar-refractivity contribution in [3.63, 3.8) is 0 Å². The van der Waals surface area contributed by atoms with Gasteiger partial charge in [0.05, 0.1) is 0 Å². The molecule has 2 heterocycles. The van der Waals surface area contributed by atoms with Gasteiger partial charge in [-0.3, -0.25) is 9.59 Å². The van der Waals surface area contributed by atoms with Crippen LogP contribution in [0.25, 0.3) is 0 Å². The van der Waals surface area contributed by atoms with E-state index in [2.05, 4.69) is 30.4 Å². The largest absolute Gasteiger partial charge is 0.335 e. The molecule has 0 bridgehead atoms. The number of hydrogen-bond donors (Lipinski definition) is 1. The predicted molar refractivity (Wildman–Crippen MR) is 114 cm³/mol.